The molecule has 1 aromatic heterocycles. The van der Waals surface area contributed by atoms with Crippen molar-refractivity contribution in [3.63, 3.8) is 0 Å². The number of aryl methyl sites for hydroxylation is 2. The normalized spacial score (nSPS) is 11.6. The van der Waals surface area contributed by atoms with E-state index in [9.17, 15) is 25.0 Å². The molecule has 1 N–H and O–H groups in total. The fourth-order valence-corrected chi connectivity index (χ4v) is 2.87. The molecule has 1 atom stereocenters. The molecule has 0 saturated carbocycles. The topological polar surface area (TPSA) is 142 Å². The van der Waals surface area contributed by atoms with Gasteiger partial charge in [0.2, 0.25) is 0 Å². The fourth-order valence-electron chi connectivity index (χ4n) is 2.87. The van der Waals surface area contributed by atoms with E-state index in [0.717, 1.165) is 5.56 Å². The maximum absolute atomic E-state index is 12.7. The van der Waals surface area contributed by atoms with Gasteiger partial charge < -0.3 is 20.2 Å². The maximum atomic E-state index is 12.7. The summed E-state index contributed by atoms with van der Waals surface area (Å²) in [5.41, 5.74) is 1.34. The van der Waals surface area contributed by atoms with Gasteiger partial charge >= 0.3 is 5.82 Å². The van der Waals surface area contributed by atoms with Crippen molar-refractivity contribution in [2.45, 2.75) is 26.8 Å². The molecule has 11 nitrogen and oxygen atoms in total. The molecule has 0 saturated heterocycles. The number of nitrogens with zero attached hydrogens (tertiary/aromatic N) is 4. The molecule has 1 unspecified atom stereocenters. The van der Waals surface area contributed by atoms with Gasteiger partial charge in [-0.25, -0.2) is 0 Å². The number of non-ortho nitro benzene ring substituents is 1. The van der Waals surface area contributed by atoms with Crippen LogP contribution in [0.3, 0.4) is 0 Å². The van der Waals surface area contributed by atoms with Gasteiger partial charge in [-0.3, -0.25) is 14.9 Å². The number of hydrogen-bond donors (Lipinski definition) is 1. The lowest BCUT2D eigenvalue weighted by molar-refractivity contribution is -0.389. The number of ether oxygens (including phenoxy) is 1. The van der Waals surface area contributed by atoms with E-state index in [-0.39, 0.29) is 22.9 Å². The van der Waals surface area contributed by atoms with Gasteiger partial charge in [0.1, 0.15) is 17.5 Å². The molecule has 0 spiro atoms. The Kier molecular flexibility index (Phi) is 5.95. The first-order chi connectivity index (χ1) is 14.6. The van der Waals surface area contributed by atoms with Crippen LogP contribution in [0.5, 0.6) is 11.5 Å². The number of hydrogen-bond acceptors (Lipinski definition) is 7. The van der Waals surface area contributed by atoms with Crippen LogP contribution in [0.25, 0.3) is 0 Å². The molecule has 0 aliphatic carbocycles. The van der Waals surface area contributed by atoms with Crippen LogP contribution in [0.1, 0.15) is 24.2 Å². The Hall–Kier alpha value is -4.28. The number of rotatable bonds is 7. The summed E-state index contributed by atoms with van der Waals surface area (Å²) >= 11 is 0. The molecule has 1 heterocycles. The molecule has 2 aromatic carbocycles. The second kappa shape index (κ2) is 8.61. The Morgan fingerprint density at radius 3 is 2.29 bits per heavy atom. The molecule has 11 heteroatoms. The quantitative estimate of drug-likeness (QED) is 0.439. The molecule has 31 heavy (non-hydrogen) atoms. The third-order valence-electron chi connectivity index (χ3n) is 4.47. The zero-order valence-corrected chi connectivity index (χ0v) is 16.9. The molecule has 1 amide bonds. The van der Waals surface area contributed by atoms with Gasteiger partial charge in [-0.2, -0.15) is 4.68 Å². The smallest absolute Gasteiger partial charge is 0.390 e. The first kappa shape index (κ1) is 21.4. The summed E-state index contributed by atoms with van der Waals surface area (Å²) in [6.07, 6.45) is 0. The third-order valence-corrected chi connectivity index (χ3v) is 4.47. The lowest BCUT2D eigenvalue weighted by atomic mass is 10.2. The van der Waals surface area contributed by atoms with E-state index < -0.39 is 21.8 Å². The highest BCUT2D eigenvalue weighted by Gasteiger charge is 2.25. The van der Waals surface area contributed by atoms with Crippen molar-refractivity contribution in [3.05, 3.63) is 80.0 Å². The molecule has 3 aromatic rings. The minimum atomic E-state index is -0.894. The molecule has 0 aliphatic rings. The van der Waals surface area contributed by atoms with Crippen molar-refractivity contribution in [1.82, 2.24) is 9.78 Å². The monoisotopic (exact) mass is 425 g/mol. The summed E-state index contributed by atoms with van der Waals surface area (Å²) in [6, 6.07) is 11.4. The lowest BCUT2D eigenvalue weighted by Crippen LogP contribution is -2.25. The molecular weight excluding hydrogens is 406 g/mol. The van der Waals surface area contributed by atoms with Crippen molar-refractivity contribution in [1.29, 1.82) is 0 Å². The SMILES string of the molecule is Cc1ccc(Oc2cc(NC(=O)C(C)n3nc([N+](=O)[O-])cc3C)cc([N+](=O)[O-])c2)cc1. The average Bonchev–Trinajstić information content (AvgIpc) is 3.11. The highest BCUT2D eigenvalue weighted by molar-refractivity contribution is 5.94. The van der Waals surface area contributed by atoms with Crippen molar-refractivity contribution < 1.29 is 19.4 Å². The van der Waals surface area contributed by atoms with E-state index >= 15 is 0 Å². The van der Waals surface area contributed by atoms with Gasteiger partial charge in [-0.15, -0.1) is 0 Å². The van der Waals surface area contributed by atoms with E-state index in [1.807, 2.05) is 19.1 Å². The minimum absolute atomic E-state index is 0.146. The van der Waals surface area contributed by atoms with Gasteiger partial charge in [0.05, 0.1) is 33.5 Å². The summed E-state index contributed by atoms with van der Waals surface area (Å²) < 4.78 is 6.91. The Balaban J connectivity index is 1.85. The van der Waals surface area contributed by atoms with E-state index in [1.165, 1.54) is 35.9 Å². The predicted octanol–water partition coefficient (Wildman–Crippen LogP) is 4.31. The maximum Gasteiger partial charge on any atom is 0.390 e. The van der Waals surface area contributed by atoms with Crippen LogP contribution < -0.4 is 10.1 Å². The zero-order chi connectivity index (χ0) is 22.7. The summed E-state index contributed by atoms with van der Waals surface area (Å²) in [6.45, 7) is 5.02. The Morgan fingerprint density at radius 2 is 1.71 bits per heavy atom. The van der Waals surface area contributed by atoms with Crippen LogP contribution in [-0.4, -0.2) is 25.5 Å². The van der Waals surface area contributed by atoms with Gasteiger partial charge in [0, 0.05) is 12.1 Å². The highest BCUT2D eigenvalue weighted by atomic mass is 16.6. The standard InChI is InChI=1S/C20H19N5O6/c1-12-4-6-17(7-5-12)31-18-10-15(9-16(11-18)24(27)28)21-20(26)14(3)23-13(2)8-19(22-23)25(29)30/h4-11,14H,1-3H3,(H,21,26). The minimum Gasteiger partial charge on any atom is -0.457 e. The van der Waals surface area contributed by atoms with E-state index in [1.54, 1.807) is 19.1 Å². The van der Waals surface area contributed by atoms with E-state index in [4.69, 9.17) is 4.74 Å². The van der Waals surface area contributed by atoms with Gasteiger partial charge in [-0.1, -0.05) is 17.7 Å². The number of amides is 1. The molecule has 0 bridgehead atoms. The Labute approximate surface area is 176 Å². The third kappa shape index (κ3) is 5.01. The average molecular weight is 425 g/mol. The van der Waals surface area contributed by atoms with Gasteiger partial charge in [-0.05, 0) is 37.8 Å². The number of carbonyl (C=O) groups excluding carboxylic acids is 1. The predicted molar refractivity (Wildman–Crippen MR) is 111 cm³/mol. The largest absolute Gasteiger partial charge is 0.457 e. The van der Waals surface area contributed by atoms with Crippen LogP contribution in [0.15, 0.2) is 48.5 Å². The molecule has 0 fully saturated rings. The van der Waals surface area contributed by atoms with Crippen LogP contribution in [0.4, 0.5) is 17.2 Å². The van der Waals surface area contributed by atoms with Crippen molar-refractivity contribution >= 4 is 23.1 Å². The number of carbonyl (C=O) groups is 1. The Bertz CT molecular complexity index is 1160. The molecule has 160 valence electrons. The van der Waals surface area contributed by atoms with Crippen molar-refractivity contribution in [3.8, 4) is 11.5 Å². The zero-order valence-electron chi connectivity index (χ0n) is 16.9. The Morgan fingerprint density at radius 1 is 1.03 bits per heavy atom. The summed E-state index contributed by atoms with van der Waals surface area (Å²) in [5, 5.41) is 28.6. The summed E-state index contributed by atoms with van der Waals surface area (Å²) in [4.78, 5) is 33.7. The highest BCUT2D eigenvalue weighted by Crippen LogP contribution is 2.30. The first-order valence-corrected chi connectivity index (χ1v) is 9.19. The molecule has 0 aliphatic heterocycles. The van der Waals surface area contributed by atoms with Crippen LogP contribution >= 0.6 is 0 Å². The molecular formula is C20H19N5O6. The van der Waals surface area contributed by atoms with E-state index in [2.05, 4.69) is 10.4 Å². The first-order valence-electron chi connectivity index (χ1n) is 9.19. The molecule has 0 radical (unpaired) electrons. The second-order valence-electron chi connectivity index (χ2n) is 6.90. The summed E-state index contributed by atoms with van der Waals surface area (Å²) in [7, 11) is 0. The fraction of sp³-hybridized carbons (Fsp3) is 0.200. The number of nitro groups is 2. The number of nitrogens with one attached hydrogen (secondary N) is 1. The van der Waals surface area contributed by atoms with Gasteiger partial charge in [0.25, 0.3) is 11.6 Å². The van der Waals surface area contributed by atoms with Gasteiger partial charge in [0.15, 0.2) is 0 Å². The van der Waals surface area contributed by atoms with E-state index in [0.29, 0.717) is 11.4 Å². The number of nitro benzene ring substituents is 1. The number of benzene rings is 2. The molecule has 3 rings (SSSR count). The number of anilines is 1. The van der Waals surface area contributed by atoms with Crippen molar-refractivity contribution in [2.24, 2.45) is 0 Å². The van der Waals surface area contributed by atoms with Crippen molar-refractivity contribution in [2.75, 3.05) is 5.32 Å². The van der Waals surface area contributed by atoms with Crippen LogP contribution in [0.2, 0.25) is 0 Å². The lowest BCUT2D eigenvalue weighted by Gasteiger charge is -2.13. The number of aromatic nitrogens is 2. The van der Waals surface area contributed by atoms with Crippen LogP contribution in [-0.2, 0) is 4.79 Å². The summed E-state index contributed by atoms with van der Waals surface area (Å²) in [5.74, 6) is -0.271. The second-order valence-corrected chi connectivity index (χ2v) is 6.90. The van der Waals surface area contributed by atoms with Crippen LogP contribution in [0, 0.1) is 34.1 Å².